The van der Waals surface area contributed by atoms with Crippen molar-refractivity contribution in [2.24, 2.45) is 0 Å². The van der Waals surface area contributed by atoms with Gasteiger partial charge in [0.2, 0.25) is 5.78 Å². The largest absolute Gasteiger partial charge is 0.495 e. The van der Waals surface area contributed by atoms with E-state index in [9.17, 15) is 4.79 Å². The second-order valence-corrected chi connectivity index (χ2v) is 5.45. The Kier molecular flexibility index (Phi) is 3.86. The van der Waals surface area contributed by atoms with Crippen LogP contribution in [-0.4, -0.2) is 12.9 Å². The quantitative estimate of drug-likeness (QED) is 0.779. The van der Waals surface area contributed by atoms with Crippen molar-refractivity contribution in [1.29, 1.82) is 0 Å². The minimum Gasteiger partial charge on any atom is -0.495 e. The summed E-state index contributed by atoms with van der Waals surface area (Å²) in [5.74, 6) is 0.542. The minimum atomic E-state index is -0.0609. The van der Waals surface area contributed by atoms with E-state index in [1.165, 1.54) is 11.3 Å². The molecule has 0 amide bonds. The Balaban J connectivity index is 2.40. The summed E-state index contributed by atoms with van der Waals surface area (Å²) < 4.78 is 5.84. The number of benzene rings is 1. The Morgan fingerprint density at radius 3 is 2.82 bits per heavy atom. The normalized spacial score (nSPS) is 10.3. The van der Waals surface area contributed by atoms with E-state index in [1.807, 2.05) is 5.38 Å². The fourth-order valence-corrected chi connectivity index (χ4v) is 2.71. The van der Waals surface area contributed by atoms with E-state index in [-0.39, 0.29) is 5.78 Å². The minimum absolute atomic E-state index is 0.0609. The molecule has 0 aliphatic carbocycles. The molecule has 1 heterocycles. The molecule has 5 heteroatoms. The summed E-state index contributed by atoms with van der Waals surface area (Å²) in [7, 11) is 1.55. The maximum Gasteiger partial charge on any atom is 0.206 e. The first-order valence-corrected chi connectivity index (χ1v) is 6.79. The lowest BCUT2D eigenvalue weighted by molar-refractivity contribution is 0.104. The van der Waals surface area contributed by atoms with Gasteiger partial charge in [0, 0.05) is 10.0 Å². The zero-order valence-electron chi connectivity index (χ0n) is 8.87. The van der Waals surface area contributed by atoms with Crippen molar-refractivity contribution in [1.82, 2.24) is 0 Å². The molecule has 17 heavy (non-hydrogen) atoms. The van der Waals surface area contributed by atoms with Gasteiger partial charge in [-0.3, -0.25) is 4.79 Å². The van der Waals surface area contributed by atoms with E-state index < -0.39 is 0 Å². The maximum atomic E-state index is 12.2. The molecule has 0 fully saturated rings. The third-order valence-electron chi connectivity index (χ3n) is 2.24. The number of carbonyl (C=O) groups excluding carboxylic acids is 1. The smallest absolute Gasteiger partial charge is 0.206 e. The van der Waals surface area contributed by atoms with Crippen LogP contribution < -0.4 is 4.74 Å². The number of ketones is 1. The molecule has 0 atom stereocenters. The summed E-state index contributed by atoms with van der Waals surface area (Å²) in [4.78, 5) is 12.8. The summed E-state index contributed by atoms with van der Waals surface area (Å²) in [6, 6.07) is 6.89. The highest BCUT2D eigenvalue weighted by Crippen LogP contribution is 2.29. The van der Waals surface area contributed by atoms with Crippen molar-refractivity contribution in [3.63, 3.8) is 0 Å². The number of hydrogen-bond acceptors (Lipinski definition) is 3. The molecule has 2 nitrogen and oxygen atoms in total. The average molecular weight is 332 g/mol. The van der Waals surface area contributed by atoms with Gasteiger partial charge in [0.15, 0.2) is 0 Å². The van der Waals surface area contributed by atoms with Gasteiger partial charge in [-0.2, -0.15) is 0 Å². The van der Waals surface area contributed by atoms with Crippen molar-refractivity contribution in [3.05, 3.63) is 49.6 Å². The molecular formula is C12H8BrClO2S. The zero-order chi connectivity index (χ0) is 12.4. The van der Waals surface area contributed by atoms with Crippen LogP contribution >= 0.6 is 38.9 Å². The van der Waals surface area contributed by atoms with Gasteiger partial charge in [-0.15, -0.1) is 11.3 Å². The first-order valence-electron chi connectivity index (χ1n) is 4.74. The number of rotatable bonds is 3. The van der Waals surface area contributed by atoms with Gasteiger partial charge in [0.25, 0.3) is 0 Å². The van der Waals surface area contributed by atoms with Crippen LogP contribution in [0.1, 0.15) is 15.2 Å². The van der Waals surface area contributed by atoms with E-state index in [1.54, 1.807) is 31.4 Å². The van der Waals surface area contributed by atoms with Crippen LogP contribution in [-0.2, 0) is 0 Å². The molecule has 1 aromatic carbocycles. The number of thiophene rings is 1. The molecule has 0 aliphatic rings. The Morgan fingerprint density at radius 2 is 2.18 bits per heavy atom. The van der Waals surface area contributed by atoms with Gasteiger partial charge in [0.05, 0.1) is 12.1 Å². The highest BCUT2D eigenvalue weighted by molar-refractivity contribution is 9.10. The number of ether oxygens (including phenoxy) is 1. The van der Waals surface area contributed by atoms with E-state index in [0.29, 0.717) is 25.7 Å². The van der Waals surface area contributed by atoms with Gasteiger partial charge < -0.3 is 4.74 Å². The summed E-state index contributed by atoms with van der Waals surface area (Å²) in [6.07, 6.45) is 0. The SMILES string of the molecule is COc1ccsc1C(=O)c1ccc(Cl)c(Br)c1. The Hall–Kier alpha value is -0.840. The van der Waals surface area contributed by atoms with Crippen LogP contribution in [0.4, 0.5) is 0 Å². The molecule has 0 spiro atoms. The molecule has 0 saturated carbocycles. The number of hydrogen-bond donors (Lipinski definition) is 0. The molecule has 0 N–H and O–H groups in total. The van der Waals surface area contributed by atoms with E-state index in [0.717, 1.165) is 0 Å². The third kappa shape index (κ3) is 2.54. The van der Waals surface area contributed by atoms with Gasteiger partial charge >= 0.3 is 0 Å². The summed E-state index contributed by atoms with van der Waals surface area (Å²) in [5.41, 5.74) is 0.585. The second-order valence-electron chi connectivity index (χ2n) is 3.28. The Bertz CT molecular complexity index is 565. The molecule has 0 saturated heterocycles. The van der Waals surface area contributed by atoms with E-state index in [2.05, 4.69) is 15.9 Å². The molecule has 88 valence electrons. The lowest BCUT2D eigenvalue weighted by Crippen LogP contribution is -2.00. The maximum absolute atomic E-state index is 12.2. The van der Waals surface area contributed by atoms with Crippen LogP contribution in [0.5, 0.6) is 5.75 Å². The molecule has 0 radical (unpaired) electrons. The van der Waals surface area contributed by atoms with Crippen molar-refractivity contribution in [2.75, 3.05) is 7.11 Å². The van der Waals surface area contributed by atoms with Crippen LogP contribution in [0.3, 0.4) is 0 Å². The van der Waals surface area contributed by atoms with Gasteiger partial charge in [-0.1, -0.05) is 11.6 Å². The predicted molar refractivity (Wildman–Crippen MR) is 73.5 cm³/mol. The van der Waals surface area contributed by atoms with Crippen molar-refractivity contribution >= 4 is 44.7 Å². The van der Waals surface area contributed by atoms with E-state index in [4.69, 9.17) is 16.3 Å². The second kappa shape index (κ2) is 5.21. The molecule has 0 aliphatic heterocycles. The number of halogens is 2. The third-order valence-corrected chi connectivity index (χ3v) is 4.35. The molecule has 2 rings (SSSR count). The Labute approximate surface area is 116 Å². The molecule has 2 aromatic rings. The fraction of sp³-hybridized carbons (Fsp3) is 0.0833. The Morgan fingerprint density at radius 1 is 1.41 bits per heavy atom. The van der Waals surface area contributed by atoms with Crippen molar-refractivity contribution < 1.29 is 9.53 Å². The van der Waals surface area contributed by atoms with Gasteiger partial charge in [-0.25, -0.2) is 0 Å². The van der Waals surface area contributed by atoms with Crippen LogP contribution in [0.25, 0.3) is 0 Å². The number of methoxy groups -OCH3 is 1. The molecule has 0 unspecified atom stereocenters. The fourth-order valence-electron chi connectivity index (χ4n) is 1.39. The van der Waals surface area contributed by atoms with Crippen LogP contribution in [0.2, 0.25) is 5.02 Å². The topological polar surface area (TPSA) is 26.3 Å². The zero-order valence-corrected chi connectivity index (χ0v) is 12.0. The lowest BCUT2D eigenvalue weighted by Gasteiger charge is -2.03. The first-order chi connectivity index (χ1) is 8.13. The van der Waals surface area contributed by atoms with Crippen molar-refractivity contribution in [2.45, 2.75) is 0 Å². The van der Waals surface area contributed by atoms with Gasteiger partial charge in [0.1, 0.15) is 10.6 Å². The summed E-state index contributed by atoms with van der Waals surface area (Å²) >= 11 is 10.6. The average Bonchev–Trinajstić information content (AvgIpc) is 2.80. The highest BCUT2D eigenvalue weighted by Gasteiger charge is 2.16. The standard InChI is InChI=1S/C12H8BrClO2S/c1-16-10-4-5-17-12(10)11(15)7-2-3-9(14)8(13)6-7/h2-6H,1H3. The highest BCUT2D eigenvalue weighted by atomic mass is 79.9. The van der Waals surface area contributed by atoms with E-state index >= 15 is 0 Å². The molecular weight excluding hydrogens is 324 g/mol. The predicted octanol–water partition coefficient (Wildman–Crippen LogP) is 4.40. The lowest BCUT2D eigenvalue weighted by atomic mass is 10.1. The van der Waals surface area contributed by atoms with Crippen LogP contribution in [0, 0.1) is 0 Å². The monoisotopic (exact) mass is 330 g/mol. The number of carbonyl (C=O) groups is 1. The van der Waals surface area contributed by atoms with Crippen molar-refractivity contribution in [3.8, 4) is 5.75 Å². The van der Waals surface area contributed by atoms with Gasteiger partial charge in [-0.05, 0) is 45.6 Å². The first kappa shape index (κ1) is 12.6. The molecule has 1 aromatic heterocycles. The summed E-state index contributed by atoms with van der Waals surface area (Å²) in [5, 5.41) is 2.41. The van der Waals surface area contributed by atoms with Crippen LogP contribution in [0.15, 0.2) is 34.1 Å². The summed E-state index contributed by atoms with van der Waals surface area (Å²) in [6.45, 7) is 0. The molecule has 0 bridgehead atoms.